The van der Waals surface area contributed by atoms with Crippen molar-refractivity contribution in [1.82, 2.24) is 0 Å². The Hall–Kier alpha value is 2.70. The predicted molar refractivity (Wildman–Crippen MR) is 4.73 cm³/mol. The third-order valence-electron chi connectivity index (χ3n) is 0. The molecule has 0 aliphatic rings. The summed E-state index contributed by atoms with van der Waals surface area (Å²) in [5.41, 5.74) is 0. The second-order valence-electron chi connectivity index (χ2n) is 0. The van der Waals surface area contributed by atoms with E-state index in [0.29, 0.717) is 0 Å². The smallest absolute Gasteiger partial charge is 1.00 e. The Bertz CT molecular complexity index is 15.5. The summed E-state index contributed by atoms with van der Waals surface area (Å²) in [7, 11) is 0. The minimum atomic E-state index is 0. The average molecular weight is 212 g/mol. The first-order valence-corrected chi connectivity index (χ1v) is 0. The van der Waals surface area contributed by atoms with Gasteiger partial charge >= 0.3 is 29.6 Å². The van der Waals surface area contributed by atoms with Gasteiger partial charge in [-0.25, -0.2) is 0 Å². The molecule has 0 rings (SSSR count). The molecule has 0 heterocycles. The van der Waals surface area contributed by atoms with Crippen molar-refractivity contribution in [2.75, 3.05) is 0 Å². The summed E-state index contributed by atoms with van der Waals surface area (Å²) in [4.78, 5) is 0. The zero-order chi connectivity index (χ0) is 0. The molecule has 0 saturated heterocycles. The van der Waals surface area contributed by atoms with Crippen molar-refractivity contribution in [2.45, 2.75) is 0 Å². The molecule has 34 valence electrons. The summed E-state index contributed by atoms with van der Waals surface area (Å²) in [6, 6.07) is 0. The van der Waals surface area contributed by atoms with E-state index in [-0.39, 0.29) is 92.0 Å². The molecule has 0 spiro atoms. The maximum atomic E-state index is 0. The molecule has 0 bridgehead atoms. The van der Waals surface area contributed by atoms with Gasteiger partial charge in [0.05, 0.1) is 0 Å². The van der Waals surface area contributed by atoms with Crippen LogP contribution in [0.5, 0.6) is 0 Å². The van der Waals surface area contributed by atoms with Crippen LogP contribution < -0.4 is 29.6 Å². The number of rotatable bonds is 0. The minimum Gasteiger partial charge on any atom is -1.00 e. The van der Waals surface area contributed by atoms with E-state index in [2.05, 4.69) is 0 Å². The summed E-state index contributed by atoms with van der Waals surface area (Å²) < 4.78 is 0. The van der Waals surface area contributed by atoms with Gasteiger partial charge in [0.2, 0.25) is 0 Å². The van der Waals surface area contributed by atoms with Crippen LogP contribution in [-0.4, -0.2) is 5.48 Å². The van der Waals surface area contributed by atoms with E-state index in [1.54, 1.807) is 0 Å². The normalized spacial score (nSPS) is 0. The van der Waals surface area contributed by atoms with Gasteiger partial charge in [0, 0.05) is 55.6 Å². The largest absolute Gasteiger partial charge is 1.00 e. The Kier molecular flexibility index (Phi) is 283. The minimum absolute atomic E-state index is 0. The molecule has 0 atom stereocenters. The molecule has 1 nitrogen and oxygen atoms in total. The first-order valence-electron chi connectivity index (χ1n) is 0. The Labute approximate surface area is 90.7 Å². The van der Waals surface area contributed by atoms with Gasteiger partial charge in [-0.3, -0.25) is 0 Å². The first kappa shape index (κ1) is 47.4. The number of hydrogen-bond acceptors (Lipinski definition) is 0. The van der Waals surface area contributed by atoms with Crippen LogP contribution in [0.15, 0.2) is 0 Å². The van der Waals surface area contributed by atoms with Gasteiger partial charge in [0.15, 0.2) is 0 Å². The molecule has 0 unspecified atom stereocenters. The van der Waals surface area contributed by atoms with Crippen LogP contribution in [0.4, 0.5) is 0 Å². The molecule has 0 amide bonds. The van der Waals surface area contributed by atoms with Gasteiger partial charge in [0.25, 0.3) is 0 Å². The standard InChI is InChI=1S/Co.Cu.Na.H2O.Ti.H/h;;;1H2;;/q;;+1;;;-1. The van der Waals surface area contributed by atoms with Crippen molar-refractivity contribution in [3.63, 3.8) is 0 Å². The summed E-state index contributed by atoms with van der Waals surface area (Å²) >= 11 is 0. The van der Waals surface area contributed by atoms with Gasteiger partial charge < -0.3 is 6.90 Å². The van der Waals surface area contributed by atoms with Crippen LogP contribution >= 0.6 is 0 Å². The fraction of sp³-hybridized carbons (Fsp3) is 0. The van der Waals surface area contributed by atoms with Crippen molar-refractivity contribution >= 4 is 0 Å². The Morgan fingerprint density at radius 1 is 1.20 bits per heavy atom. The molecule has 0 aromatic heterocycles. The van der Waals surface area contributed by atoms with Crippen molar-refractivity contribution < 1.29 is 92.0 Å². The van der Waals surface area contributed by atoms with E-state index in [1.807, 2.05) is 0 Å². The zero-order valence-electron chi connectivity index (χ0n) is 3.63. The van der Waals surface area contributed by atoms with E-state index in [1.165, 1.54) is 0 Å². The van der Waals surface area contributed by atoms with Gasteiger partial charge in [0.1, 0.15) is 0 Å². The van der Waals surface area contributed by atoms with E-state index >= 15 is 0 Å². The average Bonchev–Trinajstić information content (AvgIpc) is 0. The molecule has 0 saturated carbocycles. The number of hydrogen-bond donors (Lipinski definition) is 0. The molecule has 5 heavy (non-hydrogen) atoms. The first-order chi connectivity index (χ1) is 0. The fourth-order valence-electron chi connectivity index (χ4n) is 0. The Balaban J connectivity index is 0. The molecule has 5 heteroatoms. The zero-order valence-corrected chi connectivity index (χ0v) is 8.18. The van der Waals surface area contributed by atoms with Crippen LogP contribution in [-0.2, 0) is 55.6 Å². The Morgan fingerprint density at radius 3 is 1.20 bits per heavy atom. The Morgan fingerprint density at radius 2 is 1.20 bits per heavy atom. The molecule has 2 N–H and O–H groups in total. The van der Waals surface area contributed by atoms with Gasteiger partial charge in [-0.2, -0.15) is 0 Å². The molecule has 0 aliphatic heterocycles. The van der Waals surface area contributed by atoms with Crippen LogP contribution in [0.3, 0.4) is 0 Å². The molecular weight excluding hydrogens is 209 g/mol. The molecular formula is H3CoCuNaOTi. The summed E-state index contributed by atoms with van der Waals surface area (Å²) in [5, 5.41) is 0. The third kappa shape index (κ3) is 20.3. The van der Waals surface area contributed by atoms with E-state index < -0.39 is 0 Å². The van der Waals surface area contributed by atoms with Crippen molar-refractivity contribution in [1.29, 1.82) is 0 Å². The molecule has 0 fully saturated rings. The van der Waals surface area contributed by atoms with Crippen molar-refractivity contribution in [3.05, 3.63) is 0 Å². The van der Waals surface area contributed by atoms with Crippen LogP contribution in [0.2, 0.25) is 0 Å². The quantitative estimate of drug-likeness (QED) is 0.370. The SMILES string of the molecule is O.[Co].[Cu].[H-].[Na+].[Ti]. The monoisotopic (exact) mass is 212 g/mol. The summed E-state index contributed by atoms with van der Waals surface area (Å²) in [6.45, 7) is 0. The second kappa shape index (κ2) is 29.9. The maximum Gasteiger partial charge on any atom is 1.00 e. The van der Waals surface area contributed by atoms with Gasteiger partial charge in [-0.1, -0.05) is 0 Å². The maximum absolute atomic E-state index is 0. The fourth-order valence-corrected chi connectivity index (χ4v) is 0. The predicted octanol–water partition coefficient (Wildman–Crippen LogP) is -3.72. The van der Waals surface area contributed by atoms with Crippen molar-refractivity contribution in [3.8, 4) is 0 Å². The van der Waals surface area contributed by atoms with Crippen LogP contribution in [0.25, 0.3) is 0 Å². The molecule has 2 radical (unpaired) electrons. The van der Waals surface area contributed by atoms with Gasteiger partial charge in [-0.05, 0) is 0 Å². The van der Waals surface area contributed by atoms with E-state index in [4.69, 9.17) is 0 Å². The molecule has 0 aromatic carbocycles. The van der Waals surface area contributed by atoms with Crippen LogP contribution in [0, 0.1) is 0 Å². The van der Waals surface area contributed by atoms with Gasteiger partial charge in [-0.15, -0.1) is 0 Å². The molecule has 0 aliphatic carbocycles. The third-order valence-corrected chi connectivity index (χ3v) is 0. The second-order valence-corrected chi connectivity index (χ2v) is 0. The van der Waals surface area contributed by atoms with E-state index in [9.17, 15) is 0 Å². The topological polar surface area (TPSA) is 31.5 Å². The van der Waals surface area contributed by atoms with Crippen molar-refractivity contribution in [2.24, 2.45) is 0 Å². The van der Waals surface area contributed by atoms with E-state index in [0.717, 1.165) is 0 Å². The summed E-state index contributed by atoms with van der Waals surface area (Å²) in [5.74, 6) is 0. The van der Waals surface area contributed by atoms with Crippen LogP contribution in [0.1, 0.15) is 1.43 Å². The summed E-state index contributed by atoms with van der Waals surface area (Å²) in [6.07, 6.45) is 0. The molecule has 0 aromatic rings.